The van der Waals surface area contributed by atoms with E-state index >= 15 is 0 Å². The van der Waals surface area contributed by atoms with Crippen LogP contribution in [0.2, 0.25) is 5.02 Å². The van der Waals surface area contributed by atoms with Crippen LogP contribution in [0.25, 0.3) is 0 Å². The fourth-order valence-electron chi connectivity index (χ4n) is 1.86. The summed E-state index contributed by atoms with van der Waals surface area (Å²) in [7, 11) is 0. The number of aryl methyl sites for hydroxylation is 1. The molecule has 0 aliphatic heterocycles. The number of ether oxygens (including phenoxy) is 1. The Morgan fingerprint density at radius 2 is 2.18 bits per heavy atom. The first-order valence-electron chi connectivity index (χ1n) is 6.65. The third-order valence-electron chi connectivity index (χ3n) is 3.21. The highest BCUT2D eigenvalue weighted by Gasteiger charge is 2.19. The van der Waals surface area contributed by atoms with Crippen LogP contribution >= 0.6 is 22.9 Å². The van der Waals surface area contributed by atoms with E-state index in [-0.39, 0.29) is 5.91 Å². The minimum absolute atomic E-state index is 0.308. The number of nitrogens with zero attached hydrogens (tertiary/aromatic N) is 1. The van der Waals surface area contributed by atoms with Crippen molar-refractivity contribution in [3.8, 4) is 11.8 Å². The number of benzene rings is 1. The summed E-state index contributed by atoms with van der Waals surface area (Å²) in [5.41, 5.74) is 1.40. The molecule has 1 N–H and O–H groups in total. The zero-order valence-corrected chi connectivity index (χ0v) is 14.0. The molecule has 1 heterocycles. The first-order chi connectivity index (χ1) is 10.4. The Hall–Kier alpha value is -2.03. The molecule has 0 fully saturated rings. The van der Waals surface area contributed by atoms with E-state index in [0.29, 0.717) is 21.3 Å². The number of anilines is 1. The summed E-state index contributed by atoms with van der Waals surface area (Å²) in [6, 6.07) is 8.98. The van der Waals surface area contributed by atoms with Crippen LogP contribution in [-0.4, -0.2) is 12.0 Å². The summed E-state index contributed by atoms with van der Waals surface area (Å²) in [6.07, 6.45) is -0.701. The lowest BCUT2D eigenvalue weighted by Crippen LogP contribution is -2.30. The number of thiophene rings is 1. The van der Waals surface area contributed by atoms with Crippen molar-refractivity contribution in [2.75, 3.05) is 5.32 Å². The maximum absolute atomic E-state index is 12.2. The number of carbonyl (C=O) groups is 1. The van der Waals surface area contributed by atoms with Crippen LogP contribution in [0.4, 0.5) is 5.00 Å². The fourth-order valence-corrected chi connectivity index (χ4v) is 3.06. The van der Waals surface area contributed by atoms with E-state index in [1.54, 1.807) is 31.2 Å². The number of nitrogens with one attached hydrogen (secondary N) is 1. The Morgan fingerprint density at radius 3 is 2.82 bits per heavy atom. The van der Waals surface area contributed by atoms with Crippen LogP contribution in [0.1, 0.15) is 22.9 Å². The van der Waals surface area contributed by atoms with Crippen LogP contribution in [0, 0.1) is 25.2 Å². The van der Waals surface area contributed by atoms with Gasteiger partial charge in [0.15, 0.2) is 6.10 Å². The second-order valence-electron chi connectivity index (χ2n) is 4.81. The van der Waals surface area contributed by atoms with Crippen molar-refractivity contribution in [1.29, 1.82) is 5.26 Å². The van der Waals surface area contributed by atoms with Crippen molar-refractivity contribution in [3.05, 3.63) is 45.3 Å². The molecule has 0 aliphatic carbocycles. The fraction of sp³-hybridized carbons (Fsp3) is 0.250. The molecule has 22 heavy (non-hydrogen) atoms. The number of rotatable bonds is 4. The molecule has 1 aromatic carbocycles. The van der Waals surface area contributed by atoms with Gasteiger partial charge in [-0.15, -0.1) is 11.3 Å². The molecule has 0 spiro atoms. The van der Waals surface area contributed by atoms with Crippen LogP contribution in [0.5, 0.6) is 5.75 Å². The SMILES string of the molecule is Cc1sc(NC(=O)C(C)Oc2cccc(Cl)c2)c(C#N)c1C. The molecule has 0 aliphatic rings. The lowest BCUT2D eigenvalue weighted by Gasteiger charge is -2.14. The van der Waals surface area contributed by atoms with Crippen molar-refractivity contribution in [2.24, 2.45) is 0 Å². The molecule has 6 heteroatoms. The molecule has 2 aromatic rings. The third-order valence-corrected chi connectivity index (χ3v) is 4.57. The van der Waals surface area contributed by atoms with Crippen molar-refractivity contribution in [1.82, 2.24) is 0 Å². The lowest BCUT2D eigenvalue weighted by atomic mass is 10.2. The highest BCUT2D eigenvalue weighted by Crippen LogP contribution is 2.31. The first-order valence-corrected chi connectivity index (χ1v) is 7.85. The molecule has 4 nitrogen and oxygen atoms in total. The maximum atomic E-state index is 12.2. The zero-order valence-electron chi connectivity index (χ0n) is 12.4. The molecule has 2 rings (SSSR count). The first kappa shape index (κ1) is 16.3. The van der Waals surface area contributed by atoms with Gasteiger partial charge in [-0.25, -0.2) is 0 Å². The van der Waals surface area contributed by atoms with Crippen LogP contribution in [0.3, 0.4) is 0 Å². The molecule has 0 radical (unpaired) electrons. The Kier molecular flexibility index (Phi) is 5.07. The smallest absolute Gasteiger partial charge is 0.265 e. The third kappa shape index (κ3) is 3.59. The van der Waals surface area contributed by atoms with Crippen LogP contribution in [-0.2, 0) is 4.79 Å². The second-order valence-corrected chi connectivity index (χ2v) is 6.47. The molecule has 0 saturated heterocycles. The predicted molar refractivity (Wildman–Crippen MR) is 88.7 cm³/mol. The minimum Gasteiger partial charge on any atom is -0.481 e. The quantitative estimate of drug-likeness (QED) is 0.906. The number of carbonyl (C=O) groups excluding carboxylic acids is 1. The molecule has 114 valence electrons. The summed E-state index contributed by atoms with van der Waals surface area (Å²) in [5, 5.41) is 13.0. The van der Waals surface area contributed by atoms with E-state index in [1.165, 1.54) is 11.3 Å². The molecule has 0 saturated carbocycles. The number of amides is 1. The monoisotopic (exact) mass is 334 g/mol. The van der Waals surface area contributed by atoms with Gasteiger partial charge >= 0.3 is 0 Å². The Balaban J connectivity index is 2.09. The van der Waals surface area contributed by atoms with Crippen LogP contribution < -0.4 is 10.1 Å². The van der Waals surface area contributed by atoms with E-state index < -0.39 is 6.10 Å². The van der Waals surface area contributed by atoms with Gasteiger partial charge in [0.25, 0.3) is 5.91 Å². The molecule has 0 bridgehead atoms. The van der Waals surface area contributed by atoms with Gasteiger partial charge in [-0.05, 0) is 44.5 Å². The predicted octanol–water partition coefficient (Wildman–Crippen LogP) is 4.30. The summed E-state index contributed by atoms with van der Waals surface area (Å²) in [6.45, 7) is 5.43. The number of hydrogen-bond acceptors (Lipinski definition) is 4. The molecular formula is C16H15ClN2O2S. The molecule has 1 atom stereocenters. The lowest BCUT2D eigenvalue weighted by molar-refractivity contribution is -0.122. The second kappa shape index (κ2) is 6.82. The largest absolute Gasteiger partial charge is 0.481 e. The summed E-state index contributed by atoms with van der Waals surface area (Å²) < 4.78 is 5.56. The maximum Gasteiger partial charge on any atom is 0.265 e. The Morgan fingerprint density at radius 1 is 1.45 bits per heavy atom. The highest BCUT2D eigenvalue weighted by atomic mass is 35.5. The van der Waals surface area contributed by atoms with Gasteiger partial charge in [0.05, 0.1) is 5.56 Å². The van der Waals surface area contributed by atoms with E-state index in [9.17, 15) is 10.1 Å². The Labute approximate surface area is 138 Å². The van der Waals surface area contributed by atoms with Gasteiger partial charge in [0, 0.05) is 9.90 Å². The van der Waals surface area contributed by atoms with Crippen molar-refractivity contribution >= 4 is 33.8 Å². The van der Waals surface area contributed by atoms with Gasteiger partial charge in [0.1, 0.15) is 16.8 Å². The highest BCUT2D eigenvalue weighted by molar-refractivity contribution is 7.16. The van der Waals surface area contributed by atoms with Gasteiger partial charge in [0.2, 0.25) is 0 Å². The molecule has 1 aromatic heterocycles. The summed E-state index contributed by atoms with van der Waals surface area (Å²) in [5.74, 6) is 0.215. The summed E-state index contributed by atoms with van der Waals surface area (Å²) in [4.78, 5) is 13.2. The van der Waals surface area contributed by atoms with Crippen molar-refractivity contribution in [2.45, 2.75) is 26.9 Å². The van der Waals surface area contributed by atoms with E-state index in [0.717, 1.165) is 10.4 Å². The number of halogens is 1. The molecule has 1 amide bonds. The normalized spacial score (nSPS) is 11.6. The average Bonchev–Trinajstić information content (AvgIpc) is 2.73. The zero-order chi connectivity index (χ0) is 16.3. The molecule has 1 unspecified atom stereocenters. The van der Waals surface area contributed by atoms with E-state index in [4.69, 9.17) is 16.3 Å². The minimum atomic E-state index is -0.701. The number of hydrogen-bond donors (Lipinski definition) is 1. The van der Waals surface area contributed by atoms with Crippen LogP contribution in [0.15, 0.2) is 24.3 Å². The average molecular weight is 335 g/mol. The topological polar surface area (TPSA) is 62.1 Å². The van der Waals surface area contributed by atoms with E-state index in [2.05, 4.69) is 11.4 Å². The van der Waals surface area contributed by atoms with Gasteiger partial charge < -0.3 is 10.1 Å². The Bertz CT molecular complexity index is 749. The van der Waals surface area contributed by atoms with Gasteiger partial charge in [-0.3, -0.25) is 4.79 Å². The van der Waals surface area contributed by atoms with E-state index in [1.807, 2.05) is 13.8 Å². The van der Waals surface area contributed by atoms with Crippen molar-refractivity contribution in [3.63, 3.8) is 0 Å². The van der Waals surface area contributed by atoms with Crippen molar-refractivity contribution < 1.29 is 9.53 Å². The van der Waals surface area contributed by atoms with Gasteiger partial charge in [-0.2, -0.15) is 5.26 Å². The number of nitriles is 1. The molecular weight excluding hydrogens is 320 g/mol. The summed E-state index contributed by atoms with van der Waals surface area (Å²) >= 11 is 7.27. The van der Waals surface area contributed by atoms with Gasteiger partial charge in [-0.1, -0.05) is 17.7 Å². The standard InChI is InChI=1S/C16H15ClN2O2S/c1-9-11(3)22-16(14(9)8-18)19-15(20)10(2)21-13-6-4-5-12(17)7-13/h4-7,10H,1-3H3,(H,19,20).